The van der Waals surface area contributed by atoms with E-state index in [0.29, 0.717) is 32.7 Å². The predicted octanol–water partition coefficient (Wildman–Crippen LogP) is 3.96. The zero-order chi connectivity index (χ0) is 25.8. The van der Waals surface area contributed by atoms with Crippen LogP contribution in [0.3, 0.4) is 0 Å². The van der Waals surface area contributed by atoms with Gasteiger partial charge in [0.1, 0.15) is 29.0 Å². The Bertz CT molecular complexity index is 1020. The molecule has 6 nitrogen and oxygen atoms in total. The molecule has 190 valence electrons. The lowest BCUT2D eigenvalue weighted by atomic mass is 10.0. The van der Waals surface area contributed by atoms with Crippen LogP contribution in [0.15, 0.2) is 42.5 Å². The first-order chi connectivity index (χ1) is 16.4. The average molecular weight is 499 g/mol. The Kier molecular flexibility index (Phi) is 8.31. The van der Waals surface area contributed by atoms with Gasteiger partial charge >= 0.3 is 6.36 Å². The molecule has 1 fully saturated rings. The molecule has 0 bridgehead atoms. The summed E-state index contributed by atoms with van der Waals surface area (Å²) in [4.78, 5) is 29.2. The number of ether oxygens (including phenoxy) is 1. The molecule has 0 saturated carbocycles. The zero-order valence-electron chi connectivity index (χ0n) is 19.2. The molecule has 2 aromatic rings. The van der Waals surface area contributed by atoms with Crippen molar-refractivity contribution in [1.82, 2.24) is 15.1 Å². The lowest BCUT2D eigenvalue weighted by Gasteiger charge is -2.37. The van der Waals surface area contributed by atoms with E-state index in [2.05, 4.69) is 10.1 Å². The minimum atomic E-state index is -4.75. The highest BCUT2D eigenvalue weighted by Gasteiger charge is 2.33. The van der Waals surface area contributed by atoms with Gasteiger partial charge in [-0.3, -0.25) is 14.5 Å². The van der Waals surface area contributed by atoms with Crippen molar-refractivity contribution in [1.29, 1.82) is 0 Å². The first kappa shape index (κ1) is 26.4. The van der Waals surface area contributed by atoms with Crippen LogP contribution in [0.5, 0.6) is 5.75 Å². The normalized spacial score (nSPS) is 15.7. The molecule has 1 heterocycles. The van der Waals surface area contributed by atoms with Gasteiger partial charge in [-0.05, 0) is 35.7 Å². The van der Waals surface area contributed by atoms with Crippen molar-refractivity contribution in [2.24, 2.45) is 5.92 Å². The van der Waals surface area contributed by atoms with E-state index in [0.717, 1.165) is 23.8 Å². The Hall–Kier alpha value is -3.21. The molecule has 11 heteroatoms. The van der Waals surface area contributed by atoms with Crippen LogP contribution in [-0.4, -0.2) is 60.2 Å². The summed E-state index contributed by atoms with van der Waals surface area (Å²) in [5.74, 6) is -3.98. The van der Waals surface area contributed by atoms with E-state index >= 15 is 0 Å². The third kappa shape index (κ3) is 7.14. The van der Waals surface area contributed by atoms with Crippen LogP contribution in [-0.2, 0) is 11.3 Å². The van der Waals surface area contributed by atoms with Gasteiger partial charge in [0.2, 0.25) is 5.91 Å². The smallest absolute Gasteiger partial charge is 0.406 e. The Morgan fingerprint density at radius 1 is 0.971 bits per heavy atom. The van der Waals surface area contributed by atoms with Crippen LogP contribution in [0.4, 0.5) is 22.0 Å². The maximum absolute atomic E-state index is 14.0. The Labute approximate surface area is 199 Å². The Balaban J connectivity index is 1.56. The average Bonchev–Trinajstić information content (AvgIpc) is 2.77. The number of carbonyl (C=O) groups excluding carboxylic acids is 2. The molecule has 0 aliphatic carbocycles. The largest absolute Gasteiger partial charge is 0.573 e. The number of halogens is 5. The minimum Gasteiger partial charge on any atom is -0.406 e. The molecule has 1 atom stereocenters. The van der Waals surface area contributed by atoms with E-state index in [1.165, 1.54) is 12.1 Å². The van der Waals surface area contributed by atoms with Gasteiger partial charge in [0.25, 0.3) is 5.91 Å². The third-order valence-corrected chi connectivity index (χ3v) is 5.66. The van der Waals surface area contributed by atoms with Gasteiger partial charge in [-0.15, -0.1) is 13.2 Å². The monoisotopic (exact) mass is 499 g/mol. The van der Waals surface area contributed by atoms with Crippen LogP contribution >= 0.6 is 0 Å². The predicted molar refractivity (Wildman–Crippen MR) is 117 cm³/mol. The third-order valence-electron chi connectivity index (χ3n) is 5.66. The van der Waals surface area contributed by atoms with Gasteiger partial charge in [0.15, 0.2) is 0 Å². The molecular weight excluding hydrogens is 473 g/mol. The summed E-state index contributed by atoms with van der Waals surface area (Å²) in [5, 5.41) is 2.47. The molecule has 2 aromatic carbocycles. The van der Waals surface area contributed by atoms with E-state index in [4.69, 9.17) is 0 Å². The molecule has 1 aliphatic heterocycles. The van der Waals surface area contributed by atoms with Crippen LogP contribution < -0.4 is 10.1 Å². The lowest BCUT2D eigenvalue weighted by Crippen LogP contribution is -2.56. The minimum absolute atomic E-state index is 0.297. The quantitative estimate of drug-likeness (QED) is 0.586. The van der Waals surface area contributed by atoms with E-state index < -0.39 is 35.5 Å². The molecule has 2 amide bonds. The number of carbonyl (C=O) groups is 2. The van der Waals surface area contributed by atoms with Gasteiger partial charge in [0, 0.05) is 32.7 Å². The molecular formula is C24H26F5N3O3. The number of rotatable bonds is 7. The maximum Gasteiger partial charge on any atom is 0.573 e. The second-order valence-corrected chi connectivity index (χ2v) is 8.58. The number of nitrogens with one attached hydrogen (secondary N) is 1. The van der Waals surface area contributed by atoms with Crippen LogP contribution in [0.1, 0.15) is 29.8 Å². The summed E-state index contributed by atoms with van der Waals surface area (Å²) >= 11 is 0. The van der Waals surface area contributed by atoms with Crippen molar-refractivity contribution in [2.75, 3.05) is 26.2 Å². The van der Waals surface area contributed by atoms with E-state index in [1.807, 2.05) is 4.90 Å². The van der Waals surface area contributed by atoms with Crippen molar-refractivity contribution >= 4 is 11.8 Å². The lowest BCUT2D eigenvalue weighted by molar-refractivity contribution is -0.274. The van der Waals surface area contributed by atoms with Crippen LogP contribution in [0, 0.1) is 17.6 Å². The molecule has 1 saturated heterocycles. The molecule has 3 rings (SSSR count). The number of benzene rings is 2. The second kappa shape index (κ2) is 11.0. The molecule has 0 aromatic heterocycles. The highest BCUT2D eigenvalue weighted by atomic mass is 19.4. The Morgan fingerprint density at radius 2 is 1.54 bits per heavy atom. The number of nitrogens with zero attached hydrogens (tertiary/aromatic N) is 2. The van der Waals surface area contributed by atoms with Crippen molar-refractivity contribution in [3.63, 3.8) is 0 Å². The maximum atomic E-state index is 14.0. The summed E-state index contributed by atoms with van der Waals surface area (Å²) in [7, 11) is 0. The molecule has 0 unspecified atom stereocenters. The van der Waals surface area contributed by atoms with Crippen molar-refractivity contribution in [3.8, 4) is 5.75 Å². The summed E-state index contributed by atoms with van der Waals surface area (Å²) in [6, 6.07) is 7.72. The molecule has 0 spiro atoms. The number of alkyl halides is 3. The topological polar surface area (TPSA) is 61.9 Å². The SMILES string of the molecule is CC(C)[C@H](NC(=O)c1c(F)cccc1F)C(=O)N1CCN(Cc2ccc(OC(F)(F)F)cc2)CC1. The molecule has 1 aliphatic rings. The molecule has 1 N–H and O–H groups in total. The Morgan fingerprint density at radius 3 is 2.06 bits per heavy atom. The highest BCUT2D eigenvalue weighted by molar-refractivity contribution is 5.98. The van der Waals surface area contributed by atoms with Crippen LogP contribution in [0.25, 0.3) is 0 Å². The van der Waals surface area contributed by atoms with Gasteiger partial charge < -0.3 is 15.0 Å². The first-order valence-corrected chi connectivity index (χ1v) is 11.1. The van der Waals surface area contributed by atoms with E-state index in [9.17, 15) is 31.5 Å². The summed E-state index contributed by atoms with van der Waals surface area (Å²) in [5.41, 5.74) is 0.0564. The van der Waals surface area contributed by atoms with Crippen molar-refractivity contribution in [3.05, 3.63) is 65.2 Å². The van der Waals surface area contributed by atoms with E-state index in [-0.39, 0.29) is 17.6 Å². The van der Waals surface area contributed by atoms with Crippen molar-refractivity contribution < 1.29 is 36.3 Å². The van der Waals surface area contributed by atoms with Crippen LogP contribution in [0.2, 0.25) is 0 Å². The van der Waals surface area contributed by atoms with Gasteiger partial charge in [-0.2, -0.15) is 0 Å². The molecule has 35 heavy (non-hydrogen) atoms. The number of piperazine rings is 1. The fraction of sp³-hybridized carbons (Fsp3) is 0.417. The number of hydrogen-bond donors (Lipinski definition) is 1. The van der Waals surface area contributed by atoms with Gasteiger partial charge in [-0.25, -0.2) is 8.78 Å². The first-order valence-electron chi connectivity index (χ1n) is 11.1. The van der Waals surface area contributed by atoms with Crippen molar-refractivity contribution in [2.45, 2.75) is 32.8 Å². The van der Waals surface area contributed by atoms with Gasteiger partial charge in [0.05, 0.1) is 0 Å². The fourth-order valence-corrected chi connectivity index (χ4v) is 3.82. The summed E-state index contributed by atoms with van der Waals surface area (Å²) < 4.78 is 68.7. The number of amides is 2. The molecule has 0 radical (unpaired) electrons. The fourth-order valence-electron chi connectivity index (χ4n) is 3.82. The van der Waals surface area contributed by atoms with Gasteiger partial charge in [-0.1, -0.05) is 32.0 Å². The highest BCUT2D eigenvalue weighted by Crippen LogP contribution is 2.23. The zero-order valence-corrected chi connectivity index (χ0v) is 19.2. The number of hydrogen-bond acceptors (Lipinski definition) is 4. The summed E-state index contributed by atoms with van der Waals surface area (Å²) in [6.45, 7) is 5.67. The standard InChI is InChI=1S/C24H26F5N3O3/c1-15(2)21(30-22(33)20-18(25)4-3-5-19(20)26)23(34)32-12-10-31(11-13-32)14-16-6-8-17(9-7-16)35-24(27,28)29/h3-9,15,21H,10-14H2,1-2H3,(H,30,33)/t21-/m0/s1. The van der Waals surface area contributed by atoms with E-state index in [1.54, 1.807) is 30.9 Å². The second-order valence-electron chi connectivity index (χ2n) is 8.58. The summed E-state index contributed by atoms with van der Waals surface area (Å²) in [6.07, 6.45) is -4.75.